The second kappa shape index (κ2) is 8.19. The number of para-hydroxylation sites is 1. The van der Waals surface area contributed by atoms with Crippen molar-refractivity contribution in [3.63, 3.8) is 0 Å². The number of aryl methyl sites for hydroxylation is 2. The van der Waals surface area contributed by atoms with E-state index < -0.39 is 0 Å². The fraction of sp³-hybridized carbons (Fsp3) is 0.167. The number of pyridine rings is 1. The number of benzene rings is 2. The van der Waals surface area contributed by atoms with Crippen LogP contribution in [0.4, 0.5) is 11.5 Å². The largest absolute Gasteiger partial charge is 0.370 e. The van der Waals surface area contributed by atoms with E-state index in [1.807, 2.05) is 44.3 Å². The average Bonchev–Trinajstić information content (AvgIpc) is 3.11. The highest BCUT2D eigenvalue weighted by Gasteiger charge is 2.09. The van der Waals surface area contributed by atoms with E-state index in [9.17, 15) is 4.79 Å². The van der Waals surface area contributed by atoms with Gasteiger partial charge >= 0.3 is 0 Å². The molecule has 0 aliphatic carbocycles. The highest BCUT2D eigenvalue weighted by atomic mass is 16.1. The van der Waals surface area contributed by atoms with E-state index in [-0.39, 0.29) is 5.91 Å². The third-order valence-electron chi connectivity index (χ3n) is 4.88. The molecule has 0 aliphatic heterocycles. The molecule has 0 atom stereocenters. The standard InChI is InChI=1S/C24H24N4O/c1-16-11-17(2)13-20(12-16)28-24(29)18-7-9-25-23(14-18)26-10-8-19-15-27-22-6-4-3-5-21(19)22/h3-7,9,11-15,27H,8,10H2,1-2H3,(H,25,26)(H,28,29). The highest BCUT2D eigenvalue weighted by Crippen LogP contribution is 2.19. The Bertz CT molecular complexity index is 1140. The zero-order chi connectivity index (χ0) is 20.2. The molecule has 2 aromatic carbocycles. The molecule has 0 unspecified atom stereocenters. The van der Waals surface area contributed by atoms with Gasteiger partial charge in [0.1, 0.15) is 5.82 Å². The number of anilines is 2. The molecule has 4 rings (SSSR count). The summed E-state index contributed by atoms with van der Waals surface area (Å²) in [4.78, 5) is 20.3. The fourth-order valence-corrected chi connectivity index (χ4v) is 3.58. The van der Waals surface area contributed by atoms with Crippen LogP contribution in [0.3, 0.4) is 0 Å². The Morgan fingerprint density at radius 2 is 1.83 bits per heavy atom. The number of hydrogen-bond donors (Lipinski definition) is 3. The summed E-state index contributed by atoms with van der Waals surface area (Å²) in [6.45, 7) is 4.77. The minimum atomic E-state index is -0.142. The van der Waals surface area contributed by atoms with E-state index in [1.165, 1.54) is 10.9 Å². The summed E-state index contributed by atoms with van der Waals surface area (Å²) in [5.41, 5.74) is 6.03. The number of aromatic nitrogens is 2. The first-order valence-electron chi connectivity index (χ1n) is 9.73. The number of carbonyl (C=O) groups excluding carboxylic acids is 1. The van der Waals surface area contributed by atoms with Gasteiger partial charge in [0.15, 0.2) is 0 Å². The first-order chi connectivity index (χ1) is 14.1. The first kappa shape index (κ1) is 18.7. The van der Waals surface area contributed by atoms with Crippen molar-refractivity contribution in [2.75, 3.05) is 17.2 Å². The van der Waals surface area contributed by atoms with Crippen LogP contribution in [0.5, 0.6) is 0 Å². The third-order valence-corrected chi connectivity index (χ3v) is 4.88. The molecule has 0 saturated heterocycles. The van der Waals surface area contributed by atoms with Crippen molar-refractivity contribution in [3.05, 3.63) is 89.2 Å². The van der Waals surface area contributed by atoms with Gasteiger partial charge in [-0.1, -0.05) is 24.3 Å². The van der Waals surface area contributed by atoms with Crippen LogP contribution < -0.4 is 10.6 Å². The molecule has 0 fully saturated rings. The Kier molecular flexibility index (Phi) is 5.29. The quantitative estimate of drug-likeness (QED) is 0.434. The van der Waals surface area contributed by atoms with Gasteiger partial charge in [-0.2, -0.15) is 0 Å². The van der Waals surface area contributed by atoms with Gasteiger partial charge < -0.3 is 15.6 Å². The Balaban J connectivity index is 1.39. The topological polar surface area (TPSA) is 69.8 Å². The van der Waals surface area contributed by atoms with Gasteiger partial charge in [-0.3, -0.25) is 4.79 Å². The van der Waals surface area contributed by atoms with Crippen molar-refractivity contribution in [3.8, 4) is 0 Å². The molecule has 2 heterocycles. The van der Waals surface area contributed by atoms with Crippen molar-refractivity contribution in [2.45, 2.75) is 20.3 Å². The molecule has 5 nitrogen and oxygen atoms in total. The first-order valence-corrected chi connectivity index (χ1v) is 9.73. The summed E-state index contributed by atoms with van der Waals surface area (Å²) in [6, 6.07) is 17.8. The third kappa shape index (κ3) is 4.46. The lowest BCUT2D eigenvalue weighted by Gasteiger charge is -2.09. The number of hydrogen-bond acceptors (Lipinski definition) is 3. The van der Waals surface area contributed by atoms with Gasteiger partial charge in [0.05, 0.1) is 0 Å². The van der Waals surface area contributed by atoms with E-state index in [4.69, 9.17) is 0 Å². The number of nitrogens with zero attached hydrogens (tertiary/aromatic N) is 1. The van der Waals surface area contributed by atoms with Crippen LogP contribution in [-0.2, 0) is 6.42 Å². The van der Waals surface area contributed by atoms with E-state index in [0.29, 0.717) is 11.4 Å². The molecule has 0 radical (unpaired) electrons. The van der Waals surface area contributed by atoms with Crippen molar-refractivity contribution < 1.29 is 4.79 Å². The van der Waals surface area contributed by atoms with E-state index in [1.54, 1.807) is 18.3 Å². The maximum atomic E-state index is 12.6. The Hall–Kier alpha value is -3.60. The Labute approximate surface area is 170 Å². The molecule has 0 bridgehead atoms. The minimum Gasteiger partial charge on any atom is -0.370 e. The van der Waals surface area contributed by atoms with Crippen LogP contribution in [0.1, 0.15) is 27.0 Å². The molecule has 29 heavy (non-hydrogen) atoms. The van der Waals surface area contributed by atoms with Crippen LogP contribution in [0.15, 0.2) is 67.0 Å². The molecular weight excluding hydrogens is 360 g/mol. The van der Waals surface area contributed by atoms with E-state index >= 15 is 0 Å². The van der Waals surface area contributed by atoms with Gasteiger partial charge in [0.25, 0.3) is 5.91 Å². The van der Waals surface area contributed by atoms with E-state index in [2.05, 4.69) is 38.8 Å². The minimum absolute atomic E-state index is 0.142. The second-order valence-electron chi connectivity index (χ2n) is 7.30. The number of fused-ring (bicyclic) bond motifs is 1. The van der Waals surface area contributed by atoms with Gasteiger partial charge in [-0.15, -0.1) is 0 Å². The summed E-state index contributed by atoms with van der Waals surface area (Å²) in [5, 5.41) is 7.53. The number of amides is 1. The fourth-order valence-electron chi connectivity index (χ4n) is 3.58. The molecule has 146 valence electrons. The average molecular weight is 384 g/mol. The van der Waals surface area contributed by atoms with Gasteiger partial charge in [-0.25, -0.2) is 4.98 Å². The molecule has 0 aliphatic rings. The Morgan fingerprint density at radius 1 is 1.03 bits per heavy atom. The summed E-state index contributed by atoms with van der Waals surface area (Å²) in [6.07, 6.45) is 4.57. The monoisotopic (exact) mass is 384 g/mol. The molecule has 0 spiro atoms. The van der Waals surface area contributed by atoms with Crippen LogP contribution in [0.25, 0.3) is 10.9 Å². The molecule has 5 heteroatoms. The number of rotatable bonds is 6. The Morgan fingerprint density at radius 3 is 2.66 bits per heavy atom. The lowest BCUT2D eigenvalue weighted by atomic mass is 10.1. The zero-order valence-electron chi connectivity index (χ0n) is 16.6. The predicted octanol–water partition coefficient (Wildman–Crippen LogP) is 5.09. The number of nitrogens with one attached hydrogen (secondary N) is 3. The molecule has 4 aromatic rings. The molecular formula is C24H24N4O. The zero-order valence-corrected chi connectivity index (χ0v) is 16.6. The highest BCUT2D eigenvalue weighted by molar-refractivity contribution is 6.04. The normalized spacial score (nSPS) is 10.8. The van der Waals surface area contributed by atoms with Crippen molar-refractivity contribution in [1.29, 1.82) is 0 Å². The van der Waals surface area contributed by atoms with Crippen molar-refractivity contribution >= 4 is 28.3 Å². The number of carbonyl (C=O) groups is 1. The van der Waals surface area contributed by atoms with Crippen LogP contribution in [0, 0.1) is 13.8 Å². The van der Waals surface area contributed by atoms with Crippen LogP contribution >= 0.6 is 0 Å². The smallest absolute Gasteiger partial charge is 0.255 e. The SMILES string of the molecule is Cc1cc(C)cc(NC(=O)c2ccnc(NCCc3c[nH]c4ccccc34)c2)c1. The molecule has 0 saturated carbocycles. The summed E-state index contributed by atoms with van der Waals surface area (Å²) >= 11 is 0. The van der Waals surface area contributed by atoms with Crippen LogP contribution in [0.2, 0.25) is 0 Å². The maximum Gasteiger partial charge on any atom is 0.255 e. The lowest BCUT2D eigenvalue weighted by Crippen LogP contribution is -2.13. The van der Waals surface area contributed by atoms with Crippen molar-refractivity contribution in [1.82, 2.24) is 9.97 Å². The molecule has 3 N–H and O–H groups in total. The van der Waals surface area contributed by atoms with Crippen LogP contribution in [-0.4, -0.2) is 22.4 Å². The number of H-pyrrole nitrogens is 1. The lowest BCUT2D eigenvalue weighted by molar-refractivity contribution is 0.102. The second-order valence-corrected chi connectivity index (χ2v) is 7.30. The predicted molar refractivity (Wildman–Crippen MR) is 119 cm³/mol. The van der Waals surface area contributed by atoms with Gasteiger partial charge in [0, 0.05) is 41.1 Å². The van der Waals surface area contributed by atoms with E-state index in [0.717, 1.165) is 35.3 Å². The van der Waals surface area contributed by atoms with Gasteiger partial charge in [-0.05, 0) is 67.3 Å². The van der Waals surface area contributed by atoms with Gasteiger partial charge in [0.2, 0.25) is 0 Å². The number of aromatic amines is 1. The molecule has 2 aromatic heterocycles. The molecule has 1 amide bonds. The summed E-state index contributed by atoms with van der Waals surface area (Å²) < 4.78 is 0. The summed E-state index contributed by atoms with van der Waals surface area (Å²) in [7, 11) is 0. The van der Waals surface area contributed by atoms with Crippen molar-refractivity contribution in [2.24, 2.45) is 0 Å². The maximum absolute atomic E-state index is 12.6. The summed E-state index contributed by atoms with van der Waals surface area (Å²) in [5.74, 6) is 0.551.